The fraction of sp³-hybridized carbons (Fsp3) is 0.714. The van der Waals surface area contributed by atoms with E-state index >= 15 is 0 Å². The van der Waals surface area contributed by atoms with Crippen LogP contribution in [0.3, 0.4) is 0 Å². The summed E-state index contributed by atoms with van der Waals surface area (Å²) in [4.78, 5) is 21.3. The van der Waals surface area contributed by atoms with Crippen molar-refractivity contribution < 1.29 is 19.4 Å². The average Bonchev–Trinajstić information content (AvgIpc) is 1.94. The van der Waals surface area contributed by atoms with Crippen LogP contribution < -0.4 is 11.1 Å². The summed E-state index contributed by atoms with van der Waals surface area (Å²) in [6.45, 7) is 0.955. The van der Waals surface area contributed by atoms with Crippen molar-refractivity contribution in [3.05, 3.63) is 0 Å². The fourth-order valence-electron chi connectivity index (χ4n) is 0.908. The number of carbonyl (C=O) groups is 2. The van der Waals surface area contributed by atoms with Crippen LogP contribution >= 0.6 is 0 Å². The van der Waals surface area contributed by atoms with Gasteiger partial charge in [0.2, 0.25) is 5.91 Å². The zero-order chi connectivity index (χ0) is 9.84. The number of nitrogens with one attached hydrogen (secondary N) is 1. The summed E-state index contributed by atoms with van der Waals surface area (Å²) in [7, 11) is 0. The van der Waals surface area contributed by atoms with Crippen molar-refractivity contribution in [2.75, 3.05) is 13.2 Å². The van der Waals surface area contributed by atoms with Gasteiger partial charge in [-0.1, -0.05) is 0 Å². The maximum atomic E-state index is 11.1. The molecule has 0 bridgehead atoms. The molecule has 1 atom stereocenters. The molecule has 0 aromatic rings. The van der Waals surface area contributed by atoms with Gasteiger partial charge in [-0.25, -0.2) is 0 Å². The van der Waals surface area contributed by atoms with E-state index in [9.17, 15) is 9.59 Å². The molecule has 6 nitrogen and oxygen atoms in total. The molecule has 1 heterocycles. The number of amides is 1. The van der Waals surface area contributed by atoms with E-state index in [0.717, 1.165) is 0 Å². The Bertz CT molecular complexity index is 215. The molecule has 0 radical (unpaired) electrons. The summed E-state index contributed by atoms with van der Waals surface area (Å²) in [6.07, 6.45) is -0.348. The molecular formula is C7H12N2O4. The van der Waals surface area contributed by atoms with Crippen molar-refractivity contribution in [1.82, 2.24) is 5.32 Å². The van der Waals surface area contributed by atoms with Crippen molar-refractivity contribution >= 4 is 11.9 Å². The lowest BCUT2D eigenvalue weighted by Gasteiger charge is -2.27. The molecule has 0 saturated carbocycles. The van der Waals surface area contributed by atoms with Crippen LogP contribution in [0.4, 0.5) is 0 Å². The molecule has 0 aliphatic carbocycles. The van der Waals surface area contributed by atoms with Gasteiger partial charge in [0.25, 0.3) is 0 Å². The molecule has 1 amide bonds. The highest BCUT2D eigenvalue weighted by atomic mass is 16.5. The molecule has 0 aromatic carbocycles. The first-order valence-electron chi connectivity index (χ1n) is 3.95. The van der Waals surface area contributed by atoms with Crippen molar-refractivity contribution in [3.8, 4) is 0 Å². The number of carboxylic acids is 1. The van der Waals surface area contributed by atoms with Crippen LogP contribution in [0.2, 0.25) is 0 Å². The normalized spacial score (nSPS) is 18.8. The number of ether oxygens (including phenoxy) is 1. The minimum absolute atomic E-state index is 0.00709. The Morgan fingerprint density at radius 1 is 1.62 bits per heavy atom. The van der Waals surface area contributed by atoms with Crippen LogP contribution in [0.5, 0.6) is 0 Å². The number of carbonyl (C=O) groups excluding carboxylic acids is 1. The van der Waals surface area contributed by atoms with E-state index in [-0.39, 0.29) is 12.5 Å². The van der Waals surface area contributed by atoms with E-state index in [1.54, 1.807) is 0 Å². The Kier molecular flexibility index (Phi) is 3.21. The highest BCUT2D eigenvalue weighted by Gasteiger charge is 2.24. The number of hydrogen-bond donors (Lipinski definition) is 3. The van der Waals surface area contributed by atoms with Crippen LogP contribution in [-0.4, -0.2) is 42.3 Å². The molecule has 4 N–H and O–H groups in total. The van der Waals surface area contributed by atoms with E-state index in [2.05, 4.69) is 5.32 Å². The molecule has 0 aromatic heterocycles. The maximum absolute atomic E-state index is 11.1. The summed E-state index contributed by atoms with van der Waals surface area (Å²) in [5, 5.41) is 10.9. The van der Waals surface area contributed by atoms with E-state index in [4.69, 9.17) is 15.6 Å². The monoisotopic (exact) mass is 188 g/mol. The zero-order valence-corrected chi connectivity index (χ0v) is 7.03. The van der Waals surface area contributed by atoms with Crippen molar-refractivity contribution in [2.24, 2.45) is 5.73 Å². The number of hydrogen-bond acceptors (Lipinski definition) is 4. The summed E-state index contributed by atoms with van der Waals surface area (Å²) in [5.74, 6) is -1.51. The first kappa shape index (κ1) is 9.94. The number of aliphatic carboxylic acids is 1. The van der Waals surface area contributed by atoms with Gasteiger partial charge in [-0.3, -0.25) is 9.59 Å². The van der Waals surface area contributed by atoms with E-state index in [1.165, 1.54) is 0 Å². The largest absolute Gasteiger partial charge is 0.481 e. The smallest absolute Gasteiger partial charge is 0.305 e. The van der Waals surface area contributed by atoms with Gasteiger partial charge in [-0.2, -0.15) is 0 Å². The van der Waals surface area contributed by atoms with Gasteiger partial charge in [0, 0.05) is 0 Å². The highest BCUT2D eigenvalue weighted by molar-refractivity contribution is 5.86. The van der Waals surface area contributed by atoms with E-state index in [0.29, 0.717) is 13.2 Å². The van der Waals surface area contributed by atoms with Crippen molar-refractivity contribution in [3.63, 3.8) is 0 Å². The summed E-state index contributed by atoms with van der Waals surface area (Å²) in [5.41, 5.74) is 5.31. The molecule has 74 valence electrons. The van der Waals surface area contributed by atoms with Crippen LogP contribution in [0.25, 0.3) is 0 Å². The van der Waals surface area contributed by atoms with E-state index in [1.807, 2.05) is 0 Å². The minimum atomic E-state index is -1.08. The topological polar surface area (TPSA) is 102 Å². The predicted molar refractivity (Wildman–Crippen MR) is 43.0 cm³/mol. The lowest BCUT2D eigenvalue weighted by molar-refractivity contribution is -0.140. The molecule has 1 rings (SSSR count). The third-order valence-electron chi connectivity index (χ3n) is 1.72. The zero-order valence-electron chi connectivity index (χ0n) is 7.03. The quantitative estimate of drug-likeness (QED) is 0.488. The van der Waals surface area contributed by atoms with Gasteiger partial charge in [0.05, 0.1) is 31.7 Å². The molecule has 1 aliphatic rings. The summed E-state index contributed by atoms with van der Waals surface area (Å²) < 4.78 is 4.82. The molecular weight excluding hydrogens is 176 g/mol. The lowest BCUT2D eigenvalue weighted by Crippen LogP contribution is -2.53. The Morgan fingerprint density at radius 3 is 2.62 bits per heavy atom. The van der Waals surface area contributed by atoms with Crippen LogP contribution in [-0.2, 0) is 14.3 Å². The van der Waals surface area contributed by atoms with Gasteiger partial charge in [0.15, 0.2) is 0 Å². The fourth-order valence-corrected chi connectivity index (χ4v) is 0.908. The third-order valence-corrected chi connectivity index (χ3v) is 1.72. The number of carboxylic acid groups (broad SMARTS) is 1. The second-order valence-electron chi connectivity index (χ2n) is 2.95. The molecule has 13 heavy (non-hydrogen) atoms. The molecule has 6 heteroatoms. The first-order chi connectivity index (χ1) is 6.09. The van der Waals surface area contributed by atoms with Gasteiger partial charge in [-0.05, 0) is 0 Å². The molecule has 1 saturated heterocycles. The van der Waals surface area contributed by atoms with Crippen LogP contribution in [0.1, 0.15) is 6.42 Å². The maximum Gasteiger partial charge on any atom is 0.305 e. The number of nitrogens with two attached hydrogens (primary N) is 1. The third kappa shape index (κ3) is 3.00. The average molecular weight is 188 g/mol. The first-order valence-corrected chi connectivity index (χ1v) is 3.95. The Balaban J connectivity index is 2.24. The molecule has 1 fully saturated rings. The Labute approximate surface area is 75.0 Å². The second kappa shape index (κ2) is 4.20. The molecule has 0 spiro atoms. The van der Waals surface area contributed by atoms with Crippen LogP contribution in [0, 0.1) is 0 Å². The predicted octanol–water partition coefficient (Wildman–Crippen LogP) is -1.70. The van der Waals surface area contributed by atoms with Gasteiger partial charge in [0.1, 0.15) is 0 Å². The van der Waals surface area contributed by atoms with Gasteiger partial charge in [-0.15, -0.1) is 0 Å². The molecule has 1 unspecified atom stereocenters. The minimum Gasteiger partial charge on any atom is -0.481 e. The SMILES string of the molecule is NC(CC(=O)O)C(=O)NC1COC1. The van der Waals surface area contributed by atoms with Crippen molar-refractivity contribution in [1.29, 1.82) is 0 Å². The Hall–Kier alpha value is -1.14. The second-order valence-corrected chi connectivity index (χ2v) is 2.95. The standard InChI is InChI=1S/C7H12N2O4/c8-5(1-6(10)11)7(12)9-4-2-13-3-4/h4-5H,1-3,8H2,(H,9,12)(H,10,11). The van der Waals surface area contributed by atoms with Gasteiger partial charge < -0.3 is 20.9 Å². The van der Waals surface area contributed by atoms with Crippen LogP contribution in [0.15, 0.2) is 0 Å². The lowest BCUT2D eigenvalue weighted by atomic mass is 10.2. The summed E-state index contributed by atoms with van der Waals surface area (Å²) >= 11 is 0. The van der Waals surface area contributed by atoms with Crippen molar-refractivity contribution in [2.45, 2.75) is 18.5 Å². The highest BCUT2D eigenvalue weighted by Crippen LogP contribution is 2.00. The summed E-state index contributed by atoms with van der Waals surface area (Å²) in [6, 6.07) is -0.981. The van der Waals surface area contributed by atoms with E-state index < -0.39 is 17.9 Å². The van der Waals surface area contributed by atoms with Gasteiger partial charge >= 0.3 is 5.97 Å². The Morgan fingerprint density at radius 2 is 2.23 bits per heavy atom. The number of rotatable bonds is 4. The molecule has 1 aliphatic heterocycles.